The summed E-state index contributed by atoms with van der Waals surface area (Å²) in [5.74, 6) is -1.12. The highest BCUT2D eigenvalue weighted by Crippen LogP contribution is 2.47. The molecule has 2 aliphatic rings. The van der Waals surface area contributed by atoms with Crippen molar-refractivity contribution in [3.8, 4) is 0 Å². The number of carbonyl (C=O) groups is 3. The number of likely N-dealkylation sites (tertiary alicyclic amines) is 1. The van der Waals surface area contributed by atoms with Gasteiger partial charge in [-0.3, -0.25) is 19.4 Å². The molecular weight excluding hydrogens is 356 g/mol. The summed E-state index contributed by atoms with van der Waals surface area (Å²) in [7, 11) is 0. The molecule has 3 N–H and O–H groups in total. The molecule has 3 amide bonds. The van der Waals surface area contributed by atoms with Crippen LogP contribution in [0.1, 0.15) is 41.2 Å². The first-order valence-electron chi connectivity index (χ1n) is 9.44. The Morgan fingerprint density at radius 3 is 2.64 bits per heavy atom. The van der Waals surface area contributed by atoms with Gasteiger partial charge >= 0.3 is 11.8 Å². The number of fused-ring (bicyclic) bond motifs is 2. The molecule has 2 aromatic rings. The van der Waals surface area contributed by atoms with E-state index in [0.29, 0.717) is 18.4 Å². The van der Waals surface area contributed by atoms with Crippen molar-refractivity contribution < 1.29 is 14.4 Å². The molecule has 144 valence electrons. The van der Waals surface area contributed by atoms with E-state index in [1.807, 2.05) is 30.3 Å². The maximum Gasteiger partial charge on any atom is 0.313 e. The Morgan fingerprint density at radius 1 is 1.11 bits per heavy atom. The Kier molecular flexibility index (Phi) is 4.81. The van der Waals surface area contributed by atoms with Gasteiger partial charge < -0.3 is 16.0 Å². The first kappa shape index (κ1) is 18.2. The van der Waals surface area contributed by atoms with E-state index in [1.54, 1.807) is 4.90 Å². The normalized spacial score (nSPS) is 23.3. The van der Waals surface area contributed by atoms with Crippen LogP contribution >= 0.6 is 0 Å². The van der Waals surface area contributed by atoms with Crippen LogP contribution < -0.4 is 11.1 Å². The largest absolute Gasteiger partial charge is 0.366 e. The van der Waals surface area contributed by atoms with Gasteiger partial charge in [-0.2, -0.15) is 0 Å². The number of hydrogen-bond acceptors (Lipinski definition) is 4. The van der Waals surface area contributed by atoms with Gasteiger partial charge in [-0.15, -0.1) is 0 Å². The molecule has 28 heavy (non-hydrogen) atoms. The molecular formula is C21H22N4O3. The van der Waals surface area contributed by atoms with Crippen molar-refractivity contribution in [2.45, 2.75) is 25.3 Å². The number of aromatic nitrogens is 1. The summed E-state index contributed by atoms with van der Waals surface area (Å²) in [6.45, 7) is 0.585. The number of anilines is 1. The molecule has 2 fully saturated rings. The van der Waals surface area contributed by atoms with Gasteiger partial charge in [0.15, 0.2) is 0 Å². The average Bonchev–Trinajstić information content (AvgIpc) is 3.09. The molecule has 1 aliphatic heterocycles. The monoisotopic (exact) mass is 378 g/mol. The summed E-state index contributed by atoms with van der Waals surface area (Å²) in [5, 5.41) is 2.56. The molecule has 2 heterocycles. The Labute approximate surface area is 162 Å². The van der Waals surface area contributed by atoms with Gasteiger partial charge in [-0.25, -0.2) is 0 Å². The first-order chi connectivity index (χ1) is 13.5. The number of primary amides is 1. The van der Waals surface area contributed by atoms with E-state index in [-0.39, 0.29) is 17.3 Å². The minimum atomic E-state index is -0.731. The zero-order valence-corrected chi connectivity index (χ0v) is 15.4. The predicted molar refractivity (Wildman–Crippen MR) is 103 cm³/mol. The Hall–Kier alpha value is -3.22. The molecule has 0 spiro atoms. The van der Waals surface area contributed by atoms with Crippen LogP contribution in [0, 0.1) is 11.8 Å². The number of nitrogens with zero attached hydrogens (tertiary/aromatic N) is 2. The van der Waals surface area contributed by atoms with Crippen LogP contribution in [0.3, 0.4) is 0 Å². The molecule has 2 bridgehead atoms. The molecule has 3 atom stereocenters. The third kappa shape index (κ3) is 3.47. The van der Waals surface area contributed by atoms with E-state index in [9.17, 15) is 14.4 Å². The number of nitrogens with two attached hydrogens (primary N) is 1. The minimum Gasteiger partial charge on any atom is -0.366 e. The number of hydrogen-bond donors (Lipinski definition) is 2. The number of nitrogens with one attached hydrogen (secondary N) is 1. The van der Waals surface area contributed by atoms with Gasteiger partial charge in [-0.05, 0) is 42.7 Å². The fraction of sp³-hybridized carbons (Fsp3) is 0.333. The Balaban J connectivity index is 1.56. The summed E-state index contributed by atoms with van der Waals surface area (Å²) in [6.07, 6.45) is 5.94. The number of amides is 3. The fourth-order valence-corrected chi connectivity index (χ4v) is 4.48. The van der Waals surface area contributed by atoms with Crippen molar-refractivity contribution in [1.29, 1.82) is 0 Å². The molecule has 4 rings (SSSR count). The lowest BCUT2D eigenvalue weighted by molar-refractivity contribution is -0.147. The van der Waals surface area contributed by atoms with Gasteiger partial charge in [-0.1, -0.05) is 30.3 Å². The van der Waals surface area contributed by atoms with E-state index < -0.39 is 17.7 Å². The summed E-state index contributed by atoms with van der Waals surface area (Å²) in [4.78, 5) is 42.6. The molecule has 7 heteroatoms. The topological polar surface area (TPSA) is 105 Å². The lowest BCUT2D eigenvalue weighted by Gasteiger charge is -2.40. The van der Waals surface area contributed by atoms with Gasteiger partial charge in [0.25, 0.3) is 0 Å². The minimum absolute atomic E-state index is 0.0896. The van der Waals surface area contributed by atoms with Crippen molar-refractivity contribution in [2.24, 2.45) is 17.6 Å². The second-order valence-electron chi connectivity index (χ2n) is 7.53. The van der Waals surface area contributed by atoms with Crippen LogP contribution in [0.4, 0.5) is 5.69 Å². The van der Waals surface area contributed by atoms with Crippen molar-refractivity contribution >= 4 is 23.4 Å². The second kappa shape index (κ2) is 7.42. The zero-order valence-electron chi connectivity index (χ0n) is 15.4. The quantitative estimate of drug-likeness (QED) is 0.798. The molecule has 1 aromatic heterocycles. The third-order valence-corrected chi connectivity index (χ3v) is 5.70. The van der Waals surface area contributed by atoms with Crippen molar-refractivity contribution in [3.63, 3.8) is 0 Å². The van der Waals surface area contributed by atoms with Gasteiger partial charge in [0, 0.05) is 12.7 Å². The SMILES string of the molecule is NC(=O)c1cncc(NC(=O)C(=O)N2C[C@@H]3CC[C@@H](C3)[C@@H]2c2ccccc2)c1. The van der Waals surface area contributed by atoms with Gasteiger partial charge in [0.05, 0.1) is 23.5 Å². The molecule has 0 unspecified atom stereocenters. The number of benzene rings is 1. The Bertz CT molecular complexity index is 915. The van der Waals surface area contributed by atoms with E-state index in [4.69, 9.17) is 5.73 Å². The maximum absolute atomic E-state index is 13.0. The van der Waals surface area contributed by atoms with Crippen LogP contribution in [-0.4, -0.2) is 34.2 Å². The summed E-state index contributed by atoms with van der Waals surface area (Å²) in [5.41, 5.74) is 6.74. The van der Waals surface area contributed by atoms with Crippen molar-refractivity contribution in [1.82, 2.24) is 9.88 Å². The highest BCUT2D eigenvalue weighted by atomic mass is 16.2. The molecule has 7 nitrogen and oxygen atoms in total. The summed E-state index contributed by atoms with van der Waals surface area (Å²) >= 11 is 0. The molecule has 1 aliphatic carbocycles. The number of piperidine rings is 1. The summed E-state index contributed by atoms with van der Waals surface area (Å²) in [6, 6.07) is 11.2. The van der Waals surface area contributed by atoms with Gasteiger partial charge in [0.1, 0.15) is 0 Å². The number of pyridine rings is 1. The maximum atomic E-state index is 13.0. The van der Waals surface area contributed by atoms with E-state index >= 15 is 0 Å². The standard InChI is InChI=1S/C21H22N4O3/c22-19(26)16-9-17(11-23-10-16)24-20(27)21(28)25-12-13-6-7-15(8-13)18(25)14-4-2-1-3-5-14/h1-5,9-11,13,15,18H,6-8,12H2,(H2,22,26)(H,24,27)/t13-,15+,18+/m1/s1. The highest BCUT2D eigenvalue weighted by Gasteiger charge is 2.44. The fourth-order valence-electron chi connectivity index (χ4n) is 4.48. The molecule has 1 saturated heterocycles. The van der Waals surface area contributed by atoms with Gasteiger partial charge in [0.2, 0.25) is 5.91 Å². The average molecular weight is 378 g/mol. The van der Waals surface area contributed by atoms with Crippen LogP contribution in [0.5, 0.6) is 0 Å². The van der Waals surface area contributed by atoms with Crippen LogP contribution in [0.15, 0.2) is 48.8 Å². The predicted octanol–water partition coefficient (Wildman–Crippen LogP) is 2.12. The smallest absolute Gasteiger partial charge is 0.313 e. The Morgan fingerprint density at radius 2 is 1.89 bits per heavy atom. The van der Waals surface area contributed by atoms with E-state index in [0.717, 1.165) is 24.8 Å². The lowest BCUT2D eigenvalue weighted by Crippen LogP contribution is -2.47. The van der Waals surface area contributed by atoms with Crippen molar-refractivity contribution in [2.75, 3.05) is 11.9 Å². The first-order valence-corrected chi connectivity index (χ1v) is 9.44. The van der Waals surface area contributed by atoms with Crippen LogP contribution in [0.2, 0.25) is 0 Å². The third-order valence-electron chi connectivity index (χ3n) is 5.70. The van der Waals surface area contributed by atoms with Crippen LogP contribution in [0.25, 0.3) is 0 Å². The second-order valence-corrected chi connectivity index (χ2v) is 7.53. The van der Waals surface area contributed by atoms with Crippen molar-refractivity contribution in [3.05, 3.63) is 59.9 Å². The zero-order chi connectivity index (χ0) is 19.7. The number of rotatable bonds is 3. The number of carbonyl (C=O) groups excluding carboxylic acids is 3. The lowest BCUT2D eigenvalue weighted by atomic mass is 9.86. The molecule has 1 saturated carbocycles. The molecule has 0 radical (unpaired) electrons. The summed E-state index contributed by atoms with van der Waals surface area (Å²) < 4.78 is 0. The van der Waals surface area contributed by atoms with Crippen LogP contribution in [-0.2, 0) is 9.59 Å². The highest BCUT2D eigenvalue weighted by molar-refractivity contribution is 6.39. The molecule has 1 aromatic carbocycles. The van der Waals surface area contributed by atoms with E-state index in [2.05, 4.69) is 10.3 Å². The van der Waals surface area contributed by atoms with E-state index in [1.165, 1.54) is 18.5 Å².